The van der Waals surface area contributed by atoms with Gasteiger partial charge in [-0.1, -0.05) is 28.3 Å². The molecule has 1 amide bonds. The zero-order valence-corrected chi connectivity index (χ0v) is 17.2. The molecule has 0 aliphatic rings. The van der Waals surface area contributed by atoms with E-state index in [1.165, 1.54) is 18.2 Å². The van der Waals surface area contributed by atoms with E-state index < -0.39 is 21.0 Å². The summed E-state index contributed by atoms with van der Waals surface area (Å²) in [6.07, 6.45) is 0. The van der Waals surface area contributed by atoms with Gasteiger partial charge in [0.25, 0.3) is 5.91 Å². The van der Waals surface area contributed by atoms with Gasteiger partial charge in [0.05, 0.1) is 20.0 Å². The Bertz CT molecular complexity index is 1090. The molecule has 0 aliphatic heterocycles. The van der Waals surface area contributed by atoms with Crippen molar-refractivity contribution < 1.29 is 17.6 Å². The maximum atomic E-state index is 12.2. The Morgan fingerprint density at radius 2 is 1.85 bits per heavy atom. The number of hydrogen-bond acceptors (Lipinski definition) is 7. The van der Waals surface area contributed by atoms with Gasteiger partial charge in [-0.2, -0.15) is 0 Å². The van der Waals surface area contributed by atoms with Crippen LogP contribution < -0.4 is 5.32 Å². The summed E-state index contributed by atoms with van der Waals surface area (Å²) in [6, 6.07) is 7.39. The molecule has 0 radical (unpaired) electrons. The third-order valence-corrected chi connectivity index (χ3v) is 7.26. The van der Waals surface area contributed by atoms with Crippen molar-refractivity contribution >= 4 is 56.3 Å². The van der Waals surface area contributed by atoms with Gasteiger partial charge in [-0.15, -0.1) is 16.4 Å². The van der Waals surface area contributed by atoms with Gasteiger partial charge < -0.3 is 4.42 Å². The average Bonchev–Trinajstić information content (AvgIpc) is 3.21. The maximum absolute atomic E-state index is 12.2. The van der Waals surface area contributed by atoms with E-state index in [9.17, 15) is 13.2 Å². The number of nitrogens with zero attached hydrogens (tertiary/aromatic N) is 2. The summed E-state index contributed by atoms with van der Waals surface area (Å²) in [7, 11) is -3.37. The highest BCUT2D eigenvalue weighted by Crippen LogP contribution is 2.31. The van der Waals surface area contributed by atoms with Crippen molar-refractivity contribution in [1.82, 2.24) is 10.2 Å². The summed E-state index contributed by atoms with van der Waals surface area (Å²) >= 11 is 12.8. The minimum atomic E-state index is -3.37. The standard InChI is InChI=1S/C16H13Cl2N3O4S2/c1-8(2)27(23,24)10-5-3-9(4-6-10)15-20-21-16(25-15)19-14(22)11-7-12(17)26-13(11)18/h3-8H,1-2H3,(H,19,21,22). The van der Waals surface area contributed by atoms with Crippen LogP contribution in [0.5, 0.6) is 0 Å². The van der Waals surface area contributed by atoms with Gasteiger partial charge in [0.1, 0.15) is 4.34 Å². The molecule has 0 unspecified atom stereocenters. The molecular weight excluding hydrogens is 433 g/mol. The summed E-state index contributed by atoms with van der Waals surface area (Å²) in [5, 5.41) is 9.52. The molecule has 0 bridgehead atoms. The highest BCUT2D eigenvalue weighted by molar-refractivity contribution is 7.92. The Hall–Kier alpha value is -1.94. The second-order valence-corrected chi connectivity index (χ2v) is 10.5. The maximum Gasteiger partial charge on any atom is 0.322 e. The molecule has 7 nitrogen and oxygen atoms in total. The van der Waals surface area contributed by atoms with Crippen molar-refractivity contribution in [2.45, 2.75) is 24.0 Å². The van der Waals surface area contributed by atoms with E-state index in [4.69, 9.17) is 27.6 Å². The fraction of sp³-hybridized carbons (Fsp3) is 0.188. The van der Waals surface area contributed by atoms with Gasteiger partial charge in [0, 0.05) is 5.56 Å². The fourth-order valence-electron chi connectivity index (χ4n) is 2.11. The number of hydrogen-bond donors (Lipinski definition) is 1. The molecule has 1 aromatic carbocycles. The van der Waals surface area contributed by atoms with Crippen LogP contribution in [0.4, 0.5) is 6.01 Å². The number of thiophene rings is 1. The number of sulfone groups is 1. The summed E-state index contributed by atoms with van der Waals surface area (Å²) < 4.78 is 30.3. The lowest BCUT2D eigenvalue weighted by molar-refractivity contribution is 0.102. The molecule has 3 aromatic rings. The number of carbonyl (C=O) groups is 1. The molecular formula is C16H13Cl2N3O4S2. The summed E-state index contributed by atoms with van der Waals surface area (Å²) in [5.74, 6) is -0.398. The number of aromatic nitrogens is 2. The molecule has 0 aliphatic carbocycles. The lowest BCUT2D eigenvalue weighted by atomic mass is 10.2. The Labute approximate surface area is 169 Å². The molecule has 2 aromatic heterocycles. The summed E-state index contributed by atoms with van der Waals surface area (Å²) in [5.41, 5.74) is 0.719. The number of rotatable bonds is 5. The molecule has 0 fully saturated rings. The van der Waals surface area contributed by atoms with Gasteiger partial charge in [-0.3, -0.25) is 10.1 Å². The van der Waals surface area contributed by atoms with Gasteiger partial charge in [0.2, 0.25) is 5.89 Å². The first-order valence-electron chi connectivity index (χ1n) is 7.62. The molecule has 0 atom stereocenters. The molecule has 1 N–H and O–H groups in total. The molecule has 0 saturated carbocycles. The van der Waals surface area contributed by atoms with Gasteiger partial charge in [0.15, 0.2) is 9.84 Å². The van der Waals surface area contributed by atoms with Crippen LogP contribution in [0.25, 0.3) is 11.5 Å². The summed E-state index contributed by atoms with van der Waals surface area (Å²) in [6.45, 7) is 3.23. The van der Waals surface area contributed by atoms with E-state index in [2.05, 4.69) is 15.5 Å². The van der Waals surface area contributed by atoms with Crippen LogP contribution in [-0.2, 0) is 9.84 Å². The molecule has 0 spiro atoms. The highest BCUT2D eigenvalue weighted by atomic mass is 35.5. The topological polar surface area (TPSA) is 102 Å². The van der Waals surface area contributed by atoms with Crippen molar-refractivity contribution in [3.8, 4) is 11.5 Å². The lowest BCUT2D eigenvalue weighted by Gasteiger charge is -2.07. The van der Waals surface area contributed by atoms with Crippen molar-refractivity contribution in [3.05, 3.63) is 44.6 Å². The molecule has 3 rings (SSSR count). The third kappa shape index (κ3) is 4.16. The van der Waals surface area contributed by atoms with E-state index in [0.29, 0.717) is 9.90 Å². The largest absolute Gasteiger partial charge is 0.403 e. The van der Waals surface area contributed by atoms with Crippen LogP contribution in [0, 0.1) is 0 Å². The quantitative estimate of drug-likeness (QED) is 0.618. The Morgan fingerprint density at radius 1 is 1.19 bits per heavy atom. The van der Waals surface area contributed by atoms with Crippen LogP contribution in [0.3, 0.4) is 0 Å². The van der Waals surface area contributed by atoms with Gasteiger partial charge in [-0.25, -0.2) is 8.42 Å². The molecule has 27 heavy (non-hydrogen) atoms. The first-order valence-corrected chi connectivity index (χ1v) is 10.7. The number of amides is 1. The minimum Gasteiger partial charge on any atom is -0.403 e. The number of halogens is 2. The first-order chi connectivity index (χ1) is 12.7. The van der Waals surface area contributed by atoms with Crippen molar-refractivity contribution in [2.75, 3.05) is 5.32 Å². The van der Waals surface area contributed by atoms with Crippen LogP contribution >= 0.6 is 34.5 Å². The summed E-state index contributed by atoms with van der Waals surface area (Å²) in [4.78, 5) is 12.4. The predicted molar refractivity (Wildman–Crippen MR) is 104 cm³/mol. The second kappa shape index (κ2) is 7.59. The third-order valence-electron chi connectivity index (χ3n) is 3.60. The Morgan fingerprint density at radius 3 is 2.41 bits per heavy atom. The van der Waals surface area contributed by atoms with Crippen LogP contribution in [0.1, 0.15) is 24.2 Å². The van der Waals surface area contributed by atoms with E-state index in [0.717, 1.165) is 11.3 Å². The van der Waals surface area contributed by atoms with E-state index in [-0.39, 0.29) is 26.7 Å². The number of benzene rings is 1. The van der Waals surface area contributed by atoms with Crippen LogP contribution in [-0.4, -0.2) is 29.8 Å². The smallest absolute Gasteiger partial charge is 0.322 e. The molecule has 2 heterocycles. The number of carbonyl (C=O) groups excluding carboxylic acids is 1. The van der Waals surface area contributed by atoms with Crippen molar-refractivity contribution in [2.24, 2.45) is 0 Å². The van der Waals surface area contributed by atoms with Gasteiger partial charge >= 0.3 is 6.01 Å². The predicted octanol–water partition coefficient (Wildman–Crippen LogP) is 4.54. The lowest BCUT2D eigenvalue weighted by Crippen LogP contribution is -2.13. The number of anilines is 1. The van der Waals surface area contributed by atoms with Crippen LogP contribution in [0.2, 0.25) is 8.67 Å². The number of nitrogens with one attached hydrogen (secondary N) is 1. The zero-order chi connectivity index (χ0) is 19.8. The highest BCUT2D eigenvalue weighted by Gasteiger charge is 2.20. The van der Waals surface area contributed by atoms with Gasteiger partial charge in [-0.05, 0) is 44.2 Å². The fourth-order valence-corrected chi connectivity index (χ4v) is 4.63. The van der Waals surface area contributed by atoms with E-state index in [1.54, 1.807) is 26.0 Å². The van der Waals surface area contributed by atoms with Crippen molar-refractivity contribution in [1.29, 1.82) is 0 Å². The Balaban J connectivity index is 1.78. The van der Waals surface area contributed by atoms with E-state index in [1.807, 2.05) is 0 Å². The van der Waals surface area contributed by atoms with E-state index >= 15 is 0 Å². The minimum absolute atomic E-state index is 0.118. The SMILES string of the molecule is CC(C)S(=O)(=O)c1ccc(-c2nnc(NC(=O)c3cc(Cl)sc3Cl)o2)cc1. The monoisotopic (exact) mass is 445 g/mol. The molecule has 142 valence electrons. The first kappa shape index (κ1) is 19.8. The normalized spacial score (nSPS) is 11.7. The second-order valence-electron chi connectivity index (χ2n) is 5.72. The van der Waals surface area contributed by atoms with Crippen LogP contribution in [0.15, 0.2) is 39.6 Å². The zero-order valence-electron chi connectivity index (χ0n) is 14.1. The Kier molecular flexibility index (Phi) is 5.57. The molecule has 0 saturated heterocycles. The average molecular weight is 446 g/mol. The molecule has 11 heteroatoms. The van der Waals surface area contributed by atoms with Crippen molar-refractivity contribution in [3.63, 3.8) is 0 Å².